The third-order valence-corrected chi connectivity index (χ3v) is 2.32. The predicted octanol–water partition coefficient (Wildman–Crippen LogP) is 3.86. The van der Waals surface area contributed by atoms with Crippen LogP contribution in [0.5, 0.6) is 0 Å². The lowest BCUT2D eigenvalue weighted by molar-refractivity contribution is -0.137. The van der Waals surface area contributed by atoms with Gasteiger partial charge in [-0.1, -0.05) is 0 Å². The van der Waals surface area contributed by atoms with Gasteiger partial charge in [-0.2, -0.15) is 18.2 Å². The Morgan fingerprint density at radius 3 is 2.59 bits per heavy atom. The summed E-state index contributed by atoms with van der Waals surface area (Å²) in [6.45, 7) is 4.89. The number of amides is 1. The number of rotatable bonds is 3. The molecule has 0 unspecified atom stereocenters. The van der Waals surface area contributed by atoms with Crippen molar-refractivity contribution >= 4 is 29.3 Å². The molecule has 5 nitrogen and oxygen atoms in total. The number of isothiocyanates is 1. The van der Waals surface area contributed by atoms with E-state index in [1.54, 1.807) is 20.8 Å². The summed E-state index contributed by atoms with van der Waals surface area (Å²) in [5.74, 6) is -0.578. The van der Waals surface area contributed by atoms with Crippen molar-refractivity contribution in [3.05, 3.63) is 23.4 Å². The van der Waals surface area contributed by atoms with Gasteiger partial charge in [-0.15, -0.1) is 0 Å². The number of thiocarbonyl (C=S) groups is 1. The number of carbonyl (C=O) groups excluding carboxylic acids is 1. The van der Waals surface area contributed by atoms with E-state index in [-0.39, 0.29) is 12.2 Å². The number of alkyl carbamates (subject to hydrolysis) is 1. The van der Waals surface area contributed by atoms with Crippen molar-refractivity contribution in [1.29, 1.82) is 0 Å². The van der Waals surface area contributed by atoms with Crippen LogP contribution in [-0.2, 0) is 17.5 Å². The Morgan fingerprint density at radius 2 is 2.09 bits per heavy atom. The van der Waals surface area contributed by atoms with Crippen LogP contribution in [0.1, 0.15) is 31.9 Å². The van der Waals surface area contributed by atoms with Gasteiger partial charge in [0.05, 0.1) is 5.16 Å². The summed E-state index contributed by atoms with van der Waals surface area (Å²) in [6, 6.07) is 0.808. The van der Waals surface area contributed by atoms with E-state index in [1.807, 2.05) is 5.16 Å². The van der Waals surface area contributed by atoms with Gasteiger partial charge in [0.25, 0.3) is 0 Å². The maximum atomic E-state index is 12.9. The second kappa shape index (κ2) is 6.85. The molecule has 0 aromatic carbocycles. The molecule has 1 amide bonds. The Bertz CT molecular complexity index is 606. The maximum absolute atomic E-state index is 12.9. The van der Waals surface area contributed by atoms with Crippen LogP contribution in [0.2, 0.25) is 0 Å². The number of nitrogens with zero attached hydrogens (tertiary/aromatic N) is 2. The minimum absolute atomic E-state index is 0.0831. The molecule has 0 spiro atoms. The summed E-state index contributed by atoms with van der Waals surface area (Å²) in [5, 5.41) is 4.36. The number of halogens is 3. The smallest absolute Gasteiger partial charge is 0.420 e. The van der Waals surface area contributed by atoms with Gasteiger partial charge in [0.15, 0.2) is 5.82 Å². The van der Waals surface area contributed by atoms with Gasteiger partial charge < -0.3 is 10.1 Å². The molecule has 0 aliphatic heterocycles. The molecule has 1 aromatic heterocycles. The Hall–Kier alpha value is -1.99. The van der Waals surface area contributed by atoms with Crippen molar-refractivity contribution < 1.29 is 22.7 Å². The van der Waals surface area contributed by atoms with Crippen LogP contribution in [0.3, 0.4) is 0 Å². The second-order valence-electron chi connectivity index (χ2n) is 5.37. The minimum atomic E-state index is -4.65. The van der Waals surface area contributed by atoms with E-state index in [0.717, 1.165) is 12.3 Å². The van der Waals surface area contributed by atoms with Crippen LogP contribution >= 0.6 is 12.2 Å². The first-order valence-electron chi connectivity index (χ1n) is 6.12. The van der Waals surface area contributed by atoms with Gasteiger partial charge >= 0.3 is 12.3 Å². The molecule has 1 N–H and O–H groups in total. The average Bonchev–Trinajstić information content (AvgIpc) is 2.34. The van der Waals surface area contributed by atoms with Gasteiger partial charge in [0.1, 0.15) is 12.2 Å². The molecule has 0 saturated carbocycles. The van der Waals surface area contributed by atoms with Crippen LogP contribution < -0.4 is 5.32 Å². The molecule has 9 heteroatoms. The number of hydrogen-bond acceptors (Lipinski definition) is 5. The molecule has 0 bridgehead atoms. The van der Waals surface area contributed by atoms with Crippen LogP contribution in [-0.4, -0.2) is 21.8 Å². The topological polar surface area (TPSA) is 63.6 Å². The first-order valence-corrected chi connectivity index (χ1v) is 6.52. The molecule has 0 aliphatic rings. The Balaban J connectivity index is 2.90. The molecule has 0 fully saturated rings. The number of aliphatic imine (C=N–C) groups is 1. The van der Waals surface area contributed by atoms with Crippen LogP contribution in [0.4, 0.5) is 23.8 Å². The van der Waals surface area contributed by atoms with Crippen LogP contribution in [0, 0.1) is 0 Å². The number of ether oxygens (including phenoxy) is 1. The first-order chi connectivity index (χ1) is 10.0. The van der Waals surface area contributed by atoms with Gasteiger partial charge in [0.2, 0.25) is 0 Å². The number of nitrogens with one attached hydrogen (secondary N) is 1. The van der Waals surface area contributed by atoms with Gasteiger partial charge in [-0.05, 0) is 39.1 Å². The SMILES string of the molecule is CC(C)(C)NC(=O)OCc1cnc(N=C=S)c(C(F)(F)F)c1. The van der Waals surface area contributed by atoms with E-state index in [0.29, 0.717) is 0 Å². The first kappa shape index (κ1) is 18.1. The average molecular weight is 333 g/mol. The highest BCUT2D eigenvalue weighted by molar-refractivity contribution is 7.78. The third kappa shape index (κ3) is 5.79. The van der Waals surface area contributed by atoms with E-state index in [4.69, 9.17) is 4.74 Å². The Labute approximate surface area is 130 Å². The second-order valence-corrected chi connectivity index (χ2v) is 5.55. The molecular formula is C13H14F3N3O2S. The summed E-state index contributed by atoms with van der Waals surface area (Å²) in [6.07, 6.45) is -4.26. The summed E-state index contributed by atoms with van der Waals surface area (Å²) >= 11 is 4.28. The molecule has 1 heterocycles. The van der Waals surface area contributed by atoms with Crippen molar-refractivity contribution in [2.75, 3.05) is 0 Å². The highest BCUT2D eigenvalue weighted by atomic mass is 32.1. The minimum Gasteiger partial charge on any atom is -0.445 e. The summed E-state index contributed by atoms with van der Waals surface area (Å²) in [4.78, 5) is 18.3. The van der Waals surface area contributed by atoms with E-state index in [9.17, 15) is 18.0 Å². The molecule has 120 valence electrons. The van der Waals surface area contributed by atoms with Crippen LogP contribution in [0.25, 0.3) is 0 Å². The lowest BCUT2D eigenvalue weighted by Gasteiger charge is -2.20. The van der Waals surface area contributed by atoms with Gasteiger partial charge in [0, 0.05) is 17.3 Å². The van der Waals surface area contributed by atoms with Crippen molar-refractivity contribution in [1.82, 2.24) is 10.3 Å². The zero-order chi connectivity index (χ0) is 17.0. The molecular weight excluding hydrogens is 319 g/mol. The fraction of sp³-hybridized carbons (Fsp3) is 0.462. The lowest BCUT2D eigenvalue weighted by atomic mass is 10.1. The number of pyridine rings is 1. The molecule has 1 aromatic rings. The number of hydrogen-bond donors (Lipinski definition) is 1. The lowest BCUT2D eigenvalue weighted by Crippen LogP contribution is -2.40. The van der Waals surface area contributed by atoms with E-state index in [2.05, 4.69) is 27.5 Å². The van der Waals surface area contributed by atoms with Crippen molar-refractivity contribution in [2.45, 2.75) is 39.1 Å². The Morgan fingerprint density at radius 1 is 1.45 bits per heavy atom. The zero-order valence-electron chi connectivity index (χ0n) is 12.1. The highest BCUT2D eigenvalue weighted by Crippen LogP contribution is 2.35. The summed E-state index contributed by atoms with van der Waals surface area (Å²) in [7, 11) is 0. The van der Waals surface area contributed by atoms with Crippen LogP contribution in [0.15, 0.2) is 17.3 Å². The standard InChI is InChI=1S/C13H14F3N3O2S/c1-12(2,3)19-11(20)21-6-8-4-9(13(14,15)16)10(17-5-8)18-7-22/h4-5H,6H2,1-3H3,(H,19,20). The van der Waals surface area contributed by atoms with E-state index in [1.165, 1.54) is 0 Å². The molecule has 0 radical (unpaired) electrons. The quantitative estimate of drug-likeness (QED) is 0.674. The summed E-state index contributed by atoms with van der Waals surface area (Å²) < 4.78 is 43.5. The Kier molecular flexibility index (Phi) is 5.62. The third-order valence-electron chi connectivity index (χ3n) is 2.23. The fourth-order valence-corrected chi connectivity index (χ4v) is 1.50. The molecule has 0 aliphatic carbocycles. The number of alkyl halides is 3. The molecule has 22 heavy (non-hydrogen) atoms. The predicted molar refractivity (Wildman–Crippen MR) is 77.0 cm³/mol. The molecule has 0 atom stereocenters. The van der Waals surface area contributed by atoms with Crippen molar-refractivity contribution in [3.63, 3.8) is 0 Å². The molecule has 1 rings (SSSR count). The van der Waals surface area contributed by atoms with Crippen molar-refractivity contribution in [2.24, 2.45) is 4.99 Å². The largest absolute Gasteiger partial charge is 0.445 e. The monoisotopic (exact) mass is 333 g/mol. The van der Waals surface area contributed by atoms with E-state index >= 15 is 0 Å². The van der Waals surface area contributed by atoms with Gasteiger partial charge in [-0.3, -0.25) is 0 Å². The van der Waals surface area contributed by atoms with Gasteiger partial charge in [-0.25, -0.2) is 9.78 Å². The number of carbonyl (C=O) groups is 1. The normalized spacial score (nSPS) is 11.5. The van der Waals surface area contributed by atoms with Crippen molar-refractivity contribution in [3.8, 4) is 0 Å². The maximum Gasteiger partial charge on any atom is 0.420 e. The summed E-state index contributed by atoms with van der Waals surface area (Å²) in [5.41, 5.74) is -1.49. The number of aromatic nitrogens is 1. The van der Waals surface area contributed by atoms with E-state index < -0.39 is 29.2 Å². The zero-order valence-corrected chi connectivity index (χ0v) is 12.9. The molecule has 0 saturated heterocycles. The highest BCUT2D eigenvalue weighted by Gasteiger charge is 2.34. The fourth-order valence-electron chi connectivity index (χ4n) is 1.41.